The topological polar surface area (TPSA) is 142 Å². The molecule has 0 spiro atoms. The Labute approximate surface area is 247 Å². The van der Waals surface area contributed by atoms with Gasteiger partial charge < -0.3 is 10.2 Å². The molecule has 1 saturated heterocycles. The summed E-state index contributed by atoms with van der Waals surface area (Å²) in [6.07, 6.45) is 5.92. The summed E-state index contributed by atoms with van der Waals surface area (Å²) in [5, 5.41) is 4.69. The Bertz CT molecular complexity index is 1710. The molecule has 1 amide bonds. The molecule has 1 aromatic heterocycles. The van der Waals surface area contributed by atoms with Crippen LogP contribution in [0, 0.1) is 41.3 Å². The van der Waals surface area contributed by atoms with Crippen molar-refractivity contribution < 1.29 is 30.8 Å². The Morgan fingerprint density at radius 1 is 1.07 bits per heavy atom. The van der Waals surface area contributed by atoms with E-state index in [0.29, 0.717) is 11.8 Å². The van der Waals surface area contributed by atoms with Gasteiger partial charge in [-0.1, -0.05) is 12.1 Å². The van der Waals surface area contributed by atoms with Gasteiger partial charge in [-0.15, -0.1) is 15.7 Å². The fourth-order valence-electron chi connectivity index (χ4n) is 8.32. The number of benzene rings is 1. The molecule has 3 heterocycles. The van der Waals surface area contributed by atoms with Crippen LogP contribution in [0.15, 0.2) is 38.9 Å². The number of rotatable bonds is 6. The minimum atomic E-state index is -4.34. The van der Waals surface area contributed by atoms with Crippen LogP contribution in [0.25, 0.3) is 0 Å². The van der Waals surface area contributed by atoms with E-state index in [1.165, 1.54) is 17.5 Å². The van der Waals surface area contributed by atoms with E-state index >= 15 is 0 Å². The third kappa shape index (κ3) is 4.80. The summed E-state index contributed by atoms with van der Waals surface area (Å²) in [5.74, 6) is -1.89. The van der Waals surface area contributed by atoms with Crippen molar-refractivity contribution in [2.45, 2.75) is 56.1 Å². The molecule has 4 saturated carbocycles. The highest BCUT2D eigenvalue weighted by molar-refractivity contribution is 7.91. The van der Waals surface area contributed by atoms with E-state index in [2.05, 4.69) is 14.4 Å². The van der Waals surface area contributed by atoms with E-state index in [4.69, 9.17) is 0 Å². The number of halogens is 1. The van der Waals surface area contributed by atoms with Gasteiger partial charge in [0.25, 0.3) is 10.0 Å². The number of thiophene rings is 1. The van der Waals surface area contributed by atoms with Gasteiger partial charge in [0.2, 0.25) is 15.9 Å². The first-order valence-electron chi connectivity index (χ1n) is 14.1. The summed E-state index contributed by atoms with van der Waals surface area (Å²) in [5.41, 5.74) is 0.960. The predicted molar refractivity (Wildman–Crippen MR) is 154 cm³/mol. The van der Waals surface area contributed by atoms with Crippen molar-refractivity contribution >= 4 is 53.9 Å². The second-order valence-corrected chi connectivity index (χ2v) is 16.7. The van der Waals surface area contributed by atoms with E-state index in [1.54, 1.807) is 17.0 Å². The summed E-state index contributed by atoms with van der Waals surface area (Å²) in [7, 11) is -7.92. The van der Waals surface area contributed by atoms with Crippen LogP contribution in [0.2, 0.25) is 0 Å². The lowest BCUT2D eigenvalue weighted by Crippen LogP contribution is -2.62. The molecule has 14 heteroatoms. The highest BCUT2D eigenvalue weighted by Crippen LogP contribution is 2.56. The third-order valence-corrected chi connectivity index (χ3v) is 12.8. The fourth-order valence-corrected chi connectivity index (χ4v) is 11.4. The van der Waals surface area contributed by atoms with Gasteiger partial charge in [-0.25, -0.2) is 17.5 Å². The highest BCUT2D eigenvalue weighted by Gasteiger charge is 2.59. The summed E-state index contributed by atoms with van der Waals surface area (Å²) in [4.78, 5) is 30.3. The van der Waals surface area contributed by atoms with Crippen molar-refractivity contribution in [3.05, 3.63) is 46.6 Å². The minimum absolute atomic E-state index is 0.108. The first-order valence-corrected chi connectivity index (χ1v) is 18.3. The van der Waals surface area contributed by atoms with Crippen molar-refractivity contribution in [1.82, 2.24) is 9.62 Å². The maximum absolute atomic E-state index is 14.4. The lowest BCUT2D eigenvalue weighted by atomic mass is 9.66. The summed E-state index contributed by atoms with van der Waals surface area (Å²) < 4.78 is 70.1. The number of ketones is 1. The zero-order valence-electron chi connectivity index (χ0n) is 22.8. The van der Waals surface area contributed by atoms with Crippen molar-refractivity contribution in [2.75, 3.05) is 11.6 Å². The lowest BCUT2D eigenvalue weighted by molar-refractivity contribution is -0.154. The number of amides is 1. The number of anilines is 1. The van der Waals surface area contributed by atoms with Crippen LogP contribution in [0.4, 0.5) is 9.39 Å². The molecular weight excluding hydrogens is 604 g/mol. The van der Waals surface area contributed by atoms with Crippen LogP contribution < -0.4 is 10.0 Å². The summed E-state index contributed by atoms with van der Waals surface area (Å²) >= 11 is 1.05. The van der Waals surface area contributed by atoms with Gasteiger partial charge in [0.15, 0.2) is 11.7 Å². The quantitative estimate of drug-likeness (QED) is 0.465. The number of fused-ring (bicyclic) bond motifs is 1. The Hall–Kier alpha value is -2.68. The van der Waals surface area contributed by atoms with E-state index in [0.717, 1.165) is 55.3 Å². The number of nitrogens with zero attached hydrogens (tertiary/aromatic N) is 2. The number of Topliss-reactive ketones (excluding diaryl/α,β-unsaturated/α-hetero) is 1. The monoisotopic (exact) mass is 634 g/mol. The van der Waals surface area contributed by atoms with Crippen LogP contribution in [-0.2, 0) is 42.7 Å². The molecule has 2 aromatic rings. The molecule has 5 unspecified atom stereocenters. The molecule has 1 aromatic carbocycles. The molecule has 42 heavy (non-hydrogen) atoms. The Morgan fingerprint density at radius 2 is 1.74 bits per heavy atom. The SMILES string of the molecule is CS(=O)(=O)NCc1csc2c1S(=O)(=O)N=C(C1C(=O)C3C4CC5CC(C4)CC(C5)C3N(Cc3ccc(F)cc3)C1=O)N2. The second kappa shape index (κ2) is 9.93. The minimum Gasteiger partial charge on any atom is -0.333 e. The zero-order chi connectivity index (χ0) is 29.6. The van der Waals surface area contributed by atoms with Gasteiger partial charge >= 0.3 is 0 Å². The smallest absolute Gasteiger partial charge is 0.287 e. The number of carbonyl (C=O) groups excluding carboxylic acids is 2. The molecule has 5 fully saturated rings. The standard InChI is InChI=1S/C28H31FN4O6S3/c1-41(36,37)30-11-19-13-40-27-25(19)42(38,39)32-26(31-27)22-24(34)21-17-7-15-6-16(8-17)10-18(9-15)23(21)33(28(22)35)12-14-2-4-20(29)5-3-14/h2-5,13,15-18,21-23,30H,6-12H2,1H3,(H,31,32). The molecule has 6 aliphatic rings. The molecule has 4 aliphatic carbocycles. The lowest BCUT2D eigenvalue weighted by Gasteiger charge is -2.47. The van der Waals surface area contributed by atoms with Crippen LogP contribution in [0.1, 0.15) is 43.2 Å². The second-order valence-electron chi connectivity index (χ2n) is 12.5. The largest absolute Gasteiger partial charge is 0.333 e. The average molecular weight is 635 g/mol. The van der Waals surface area contributed by atoms with Gasteiger partial charge in [-0.05, 0) is 78.9 Å². The van der Waals surface area contributed by atoms with E-state index in [1.807, 2.05) is 0 Å². The Morgan fingerprint density at radius 3 is 2.40 bits per heavy atom. The number of carbonyl (C=O) groups is 2. The number of nitrogens with one attached hydrogen (secondary N) is 2. The first-order chi connectivity index (χ1) is 19.9. The maximum atomic E-state index is 14.4. The fraction of sp³-hybridized carbons (Fsp3) is 0.536. The number of hydrogen-bond donors (Lipinski definition) is 2. The van der Waals surface area contributed by atoms with Crippen molar-refractivity contribution in [1.29, 1.82) is 0 Å². The van der Waals surface area contributed by atoms with E-state index < -0.39 is 37.8 Å². The third-order valence-electron chi connectivity index (χ3n) is 9.67. The van der Waals surface area contributed by atoms with Gasteiger partial charge in [-0.3, -0.25) is 9.59 Å². The van der Waals surface area contributed by atoms with Gasteiger partial charge in [0.1, 0.15) is 21.5 Å². The van der Waals surface area contributed by atoms with Crippen molar-refractivity contribution in [2.24, 2.45) is 39.9 Å². The van der Waals surface area contributed by atoms with Crippen LogP contribution in [0.3, 0.4) is 0 Å². The number of piperidine rings is 1. The number of sulfonamides is 2. The molecular formula is C28H31FN4O6S3. The van der Waals surface area contributed by atoms with Crippen LogP contribution in [-0.4, -0.2) is 51.6 Å². The maximum Gasteiger partial charge on any atom is 0.287 e. The van der Waals surface area contributed by atoms with Gasteiger partial charge in [0.05, 0.1) is 6.26 Å². The number of likely N-dealkylation sites (tertiary alicyclic amines) is 1. The average Bonchev–Trinajstić information content (AvgIpc) is 3.24. The molecule has 8 rings (SSSR count). The molecule has 2 aliphatic heterocycles. The molecule has 5 atom stereocenters. The van der Waals surface area contributed by atoms with Crippen LogP contribution in [0.5, 0.6) is 0 Å². The van der Waals surface area contributed by atoms with Gasteiger partial charge in [0, 0.05) is 30.6 Å². The first kappa shape index (κ1) is 28.1. The normalized spacial score (nSPS) is 33.0. The number of amidine groups is 1. The van der Waals surface area contributed by atoms with E-state index in [-0.39, 0.29) is 63.9 Å². The highest BCUT2D eigenvalue weighted by atomic mass is 32.2. The summed E-state index contributed by atoms with van der Waals surface area (Å²) in [6, 6.07) is 5.66. The van der Waals surface area contributed by atoms with Crippen molar-refractivity contribution in [3.63, 3.8) is 0 Å². The summed E-state index contributed by atoms with van der Waals surface area (Å²) in [6.45, 7) is -0.0491. The number of hydrogen-bond acceptors (Lipinski definition) is 8. The zero-order valence-corrected chi connectivity index (χ0v) is 25.3. The molecule has 0 radical (unpaired) electrons. The van der Waals surface area contributed by atoms with Gasteiger partial charge in [-0.2, -0.15) is 8.42 Å². The van der Waals surface area contributed by atoms with E-state index in [9.17, 15) is 30.8 Å². The molecule has 10 nitrogen and oxygen atoms in total. The molecule has 4 bridgehead atoms. The molecule has 2 N–H and O–H groups in total. The Balaban J connectivity index is 1.28. The predicted octanol–water partition coefficient (Wildman–Crippen LogP) is 3.12. The molecule has 224 valence electrons. The Kier molecular flexibility index (Phi) is 6.65. The van der Waals surface area contributed by atoms with Crippen LogP contribution >= 0.6 is 11.3 Å². The van der Waals surface area contributed by atoms with Crippen molar-refractivity contribution in [3.8, 4) is 0 Å².